The Morgan fingerprint density at radius 1 is 1.24 bits per heavy atom. The third-order valence-corrected chi connectivity index (χ3v) is 2.55. The fourth-order valence-corrected chi connectivity index (χ4v) is 1.39. The van der Waals surface area contributed by atoms with Gasteiger partial charge >= 0.3 is 5.97 Å². The van der Waals surface area contributed by atoms with Gasteiger partial charge in [0.25, 0.3) is 5.91 Å². The normalized spacial score (nSPS) is 11.3. The topological polar surface area (TPSA) is 131 Å². The first-order valence-corrected chi connectivity index (χ1v) is 6.10. The van der Waals surface area contributed by atoms with E-state index in [1.165, 1.54) is 12.1 Å². The standard InChI is InChI=1S/C13H17N3O5/c1-21-13(20)10(17)6-15-11(18)7-16-12(19)8-2-4-9(14)5-3-8/h2-5,10,17H,6-7,14H2,1H3,(H,15,18)(H,16,19). The molecule has 0 saturated carbocycles. The number of carbonyl (C=O) groups is 3. The minimum Gasteiger partial charge on any atom is -0.467 e. The highest BCUT2D eigenvalue weighted by atomic mass is 16.5. The zero-order valence-electron chi connectivity index (χ0n) is 11.5. The number of ether oxygens (including phenoxy) is 1. The molecular formula is C13H17N3O5. The number of rotatable bonds is 6. The number of anilines is 1. The molecule has 8 heteroatoms. The number of methoxy groups -OCH3 is 1. The Kier molecular flexibility index (Phi) is 6.15. The van der Waals surface area contributed by atoms with Gasteiger partial charge in [-0.05, 0) is 24.3 Å². The summed E-state index contributed by atoms with van der Waals surface area (Å²) in [6.07, 6.45) is -1.44. The fraction of sp³-hybridized carbons (Fsp3) is 0.308. The Hall–Kier alpha value is -2.61. The van der Waals surface area contributed by atoms with Gasteiger partial charge in [-0.25, -0.2) is 4.79 Å². The lowest BCUT2D eigenvalue weighted by molar-refractivity contribution is -0.150. The third-order valence-electron chi connectivity index (χ3n) is 2.55. The van der Waals surface area contributed by atoms with Gasteiger partial charge in [-0.1, -0.05) is 0 Å². The van der Waals surface area contributed by atoms with Crippen molar-refractivity contribution in [3.05, 3.63) is 29.8 Å². The number of benzene rings is 1. The number of hydrogen-bond donors (Lipinski definition) is 4. The molecule has 0 aliphatic rings. The summed E-state index contributed by atoms with van der Waals surface area (Å²) in [5, 5.41) is 13.9. The van der Waals surface area contributed by atoms with Crippen LogP contribution in [0.3, 0.4) is 0 Å². The number of nitrogens with two attached hydrogens (primary N) is 1. The number of esters is 1. The molecule has 2 amide bonds. The maximum absolute atomic E-state index is 11.7. The van der Waals surface area contributed by atoms with E-state index in [1.807, 2.05) is 0 Å². The van der Waals surface area contributed by atoms with Crippen LogP contribution in [0.25, 0.3) is 0 Å². The zero-order chi connectivity index (χ0) is 15.8. The van der Waals surface area contributed by atoms with Crippen molar-refractivity contribution in [2.45, 2.75) is 6.10 Å². The first-order valence-electron chi connectivity index (χ1n) is 6.10. The second-order valence-electron chi connectivity index (χ2n) is 4.15. The lowest BCUT2D eigenvalue weighted by Crippen LogP contribution is -2.42. The van der Waals surface area contributed by atoms with E-state index in [0.717, 1.165) is 7.11 Å². The second-order valence-corrected chi connectivity index (χ2v) is 4.15. The van der Waals surface area contributed by atoms with Crippen LogP contribution in [-0.2, 0) is 14.3 Å². The average molecular weight is 295 g/mol. The summed E-state index contributed by atoms with van der Waals surface area (Å²) >= 11 is 0. The Morgan fingerprint density at radius 2 is 1.86 bits per heavy atom. The van der Waals surface area contributed by atoms with Gasteiger partial charge in [0.2, 0.25) is 5.91 Å². The van der Waals surface area contributed by atoms with E-state index in [2.05, 4.69) is 15.4 Å². The highest BCUT2D eigenvalue weighted by Gasteiger charge is 2.16. The van der Waals surface area contributed by atoms with Crippen LogP contribution in [0.2, 0.25) is 0 Å². The first kappa shape index (κ1) is 16.4. The van der Waals surface area contributed by atoms with E-state index >= 15 is 0 Å². The highest BCUT2D eigenvalue weighted by molar-refractivity contribution is 5.96. The van der Waals surface area contributed by atoms with Crippen molar-refractivity contribution < 1.29 is 24.2 Å². The SMILES string of the molecule is COC(=O)C(O)CNC(=O)CNC(=O)c1ccc(N)cc1. The molecule has 0 aliphatic heterocycles. The molecule has 0 heterocycles. The average Bonchev–Trinajstić information content (AvgIpc) is 2.49. The van der Waals surface area contributed by atoms with E-state index in [1.54, 1.807) is 12.1 Å². The molecule has 1 atom stereocenters. The predicted molar refractivity (Wildman–Crippen MR) is 74.2 cm³/mol. The highest BCUT2D eigenvalue weighted by Crippen LogP contribution is 2.04. The molecule has 114 valence electrons. The van der Waals surface area contributed by atoms with Crippen LogP contribution in [-0.4, -0.2) is 49.2 Å². The van der Waals surface area contributed by atoms with Crippen LogP contribution in [0.5, 0.6) is 0 Å². The van der Waals surface area contributed by atoms with Gasteiger partial charge in [0.15, 0.2) is 6.10 Å². The number of nitrogens with one attached hydrogen (secondary N) is 2. The van der Waals surface area contributed by atoms with Crippen LogP contribution in [0.4, 0.5) is 5.69 Å². The Labute approximate surface area is 121 Å². The van der Waals surface area contributed by atoms with Gasteiger partial charge in [-0.3, -0.25) is 9.59 Å². The van der Waals surface area contributed by atoms with Crippen molar-refractivity contribution in [3.63, 3.8) is 0 Å². The summed E-state index contributed by atoms with van der Waals surface area (Å²) in [7, 11) is 1.13. The Bertz CT molecular complexity index is 515. The lowest BCUT2D eigenvalue weighted by Gasteiger charge is -2.10. The van der Waals surface area contributed by atoms with Crippen molar-refractivity contribution in [1.29, 1.82) is 0 Å². The summed E-state index contributed by atoms with van der Waals surface area (Å²) in [5.41, 5.74) is 6.39. The van der Waals surface area contributed by atoms with Crippen LogP contribution < -0.4 is 16.4 Å². The monoisotopic (exact) mass is 295 g/mol. The lowest BCUT2D eigenvalue weighted by atomic mass is 10.2. The van der Waals surface area contributed by atoms with Gasteiger partial charge in [0, 0.05) is 11.3 Å². The Morgan fingerprint density at radius 3 is 2.43 bits per heavy atom. The van der Waals surface area contributed by atoms with Crippen LogP contribution >= 0.6 is 0 Å². The molecule has 8 nitrogen and oxygen atoms in total. The molecule has 0 radical (unpaired) electrons. The van der Waals surface area contributed by atoms with Gasteiger partial charge in [0.1, 0.15) is 0 Å². The first-order chi connectivity index (χ1) is 9.93. The van der Waals surface area contributed by atoms with E-state index in [-0.39, 0.29) is 13.1 Å². The van der Waals surface area contributed by atoms with Crippen molar-refractivity contribution >= 4 is 23.5 Å². The summed E-state index contributed by atoms with van der Waals surface area (Å²) in [5.74, 6) is -1.82. The van der Waals surface area contributed by atoms with Crippen LogP contribution in [0.1, 0.15) is 10.4 Å². The Balaban J connectivity index is 2.34. The van der Waals surface area contributed by atoms with E-state index in [0.29, 0.717) is 11.3 Å². The summed E-state index contributed by atoms with van der Waals surface area (Å²) in [4.78, 5) is 34.0. The number of nitrogen functional groups attached to an aromatic ring is 1. The van der Waals surface area contributed by atoms with Crippen LogP contribution in [0.15, 0.2) is 24.3 Å². The summed E-state index contributed by atoms with van der Waals surface area (Å²) in [6, 6.07) is 6.20. The maximum Gasteiger partial charge on any atom is 0.336 e. The summed E-state index contributed by atoms with van der Waals surface area (Å²) in [6.45, 7) is -0.569. The van der Waals surface area contributed by atoms with Gasteiger partial charge in [-0.15, -0.1) is 0 Å². The minimum absolute atomic E-state index is 0.281. The maximum atomic E-state index is 11.7. The molecule has 0 fully saturated rings. The number of aliphatic hydroxyl groups is 1. The molecule has 0 aromatic heterocycles. The quantitative estimate of drug-likeness (QED) is 0.379. The fourth-order valence-electron chi connectivity index (χ4n) is 1.39. The smallest absolute Gasteiger partial charge is 0.336 e. The van der Waals surface area contributed by atoms with Gasteiger partial charge in [-0.2, -0.15) is 0 Å². The second kappa shape index (κ2) is 7.85. The molecule has 0 bridgehead atoms. The van der Waals surface area contributed by atoms with E-state index in [9.17, 15) is 19.5 Å². The van der Waals surface area contributed by atoms with Gasteiger partial charge < -0.3 is 26.2 Å². The van der Waals surface area contributed by atoms with E-state index in [4.69, 9.17) is 5.73 Å². The molecule has 5 N–H and O–H groups in total. The van der Waals surface area contributed by atoms with Crippen molar-refractivity contribution in [2.24, 2.45) is 0 Å². The number of carbonyl (C=O) groups excluding carboxylic acids is 3. The molecule has 21 heavy (non-hydrogen) atoms. The molecule has 1 rings (SSSR count). The summed E-state index contributed by atoms with van der Waals surface area (Å²) < 4.78 is 4.29. The third kappa shape index (κ3) is 5.49. The van der Waals surface area contributed by atoms with Crippen molar-refractivity contribution in [3.8, 4) is 0 Å². The van der Waals surface area contributed by atoms with Crippen LogP contribution in [0, 0.1) is 0 Å². The van der Waals surface area contributed by atoms with E-state index < -0.39 is 23.9 Å². The van der Waals surface area contributed by atoms with Gasteiger partial charge in [0.05, 0.1) is 20.2 Å². The molecule has 0 aliphatic carbocycles. The van der Waals surface area contributed by atoms with Crippen molar-refractivity contribution in [2.75, 3.05) is 25.9 Å². The largest absolute Gasteiger partial charge is 0.467 e. The molecule has 1 unspecified atom stereocenters. The van der Waals surface area contributed by atoms with Crippen molar-refractivity contribution in [1.82, 2.24) is 10.6 Å². The number of amides is 2. The molecular weight excluding hydrogens is 278 g/mol. The molecule has 1 aromatic rings. The molecule has 0 spiro atoms. The number of aliphatic hydroxyl groups excluding tert-OH is 1. The predicted octanol–water partition coefficient (Wildman–Crippen LogP) is -1.35. The number of hydrogen-bond acceptors (Lipinski definition) is 6. The minimum atomic E-state index is -1.44. The molecule has 0 saturated heterocycles. The zero-order valence-corrected chi connectivity index (χ0v) is 11.5. The molecule has 1 aromatic carbocycles.